The highest BCUT2D eigenvalue weighted by Crippen LogP contribution is 2.34. The van der Waals surface area contributed by atoms with Crippen LogP contribution in [0.2, 0.25) is 0 Å². The molecule has 7 nitrogen and oxygen atoms in total. The van der Waals surface area contributed by atoms with Gasteiger partial charge in [0, 0.05) is 6.07 Å². The second kappa shape index (κ2) is 7.26. The van der Waals surface area contributed by atoms with E-state index in [1.54, 1.807) is 37.1 Å². The number of ether oxygens (including phenoxy) is 2. The van der Waals surface area contributed by atoms with Gasteiger partial charge in [-0.1, -0.05) is 17.7 Å². The first-order valence-corrected chi connectivity index (χ1v) is 8.09. The van der Waals surface area contributed by atoms with Crippen LogP contribution in [0.5, 0.6) is 11.5 Å². The van der Waals surface area contributed by atoms with Crippen molar-refractivity contribution in [1.82, 2.24) is 9.78 Å². The number of methoxy groups -OCH3 is 2. The molecule has 134 valence electrons. The number of rotatable bonds is 5. The number of aromatic nitrogens is 2. The minimum Gasteiger partial charge on any atom is -0.493 e. The lowest BCUT2D eigenvalue weighted by Gasteiger charge is -2.06. The third-order valence-corrected chi connectivity index (χ3v) is 3.97. The molecule has 0 unspecified atom stereocenters. The summed E-state index contributed by atoms with van der Waals surface area (Å²) in [4.78, 5) is 0. The van der Waals surface area contributed by atoms with Crippen molar-refractivity contribution in [1.29, 1.82) is 0 Å². The van der Waals surface area contributed by atoms with Crippen LogP contribution in [0.4, 0.5) is 17.2 Å². The van der Waals surface area contributed by atoms with E-state index in [2.05, 4.69) is 15.3 Å². The molecule has 0 bridgehead atoms. The lowest BCUT2D eigenvalue weighted by atomic mass is 10.2. The lowest BCUT2D eigenvalue weighted by Crippen LogP contribution is -2.01. The SMILES string of the molecule is COc1ccc(N=Nc2c(C)nn(-c3ccc(C)cc3)c2N)cc1OC. The second-order valence-corrected chi connectivity index (χ2v) is 5.81. The number of azo groups is 1. The monoisotopic (exact) mass is 351 g/mol. The van der Waals surface area contributed by atoms with E-state index in [1.807, 2.05) is 38.1 Å². The minimum absolute atomic E-state index is 0.440. The molecule has 1 heterocycles. The van der Waals surface area contributed by atoms with Crippen molar-refractivity contribution in [3.8, 4) is 17.2 Å². The molecule has 2 N–H and O–H groups in total. The van der Waals surface area contributed by atoms with Crippen LogP contribution in [0.1, 0.15) is 11.3 Å². The van der Waals surface area contributed by atoms with Gasteiger partial charge in [0.05, 0.1) is 31.3 Å². The van der Waals surface area contributed by atoms with E-state index in [4.69, 9.17) is 15.2 Å². The number of hydrogen-bond donors (Lipinski definition) is 1. The highest BCUT2D eigenvalue weighted by Gasteiger charge is 2.13. The molecule has 1 aromatic heterocycles. The van der Waals surface area contributed by atoms with Gasteiger partial charge in [-0.15, -0.1) is 5.11 Å². The van der Waals surface area contributed by atoms with Crippen molar-refractivity contribution >= 4 is 17.2 Å². The molecule has 7 heteroatoms. The summed E-state index contributed by atoms with van der Waals surface area (Å²) in [5, 5.41) is 13.0. The first kappa shape index (κ1) is 17.5. The van der Waals surface area contributed by atoms with Crippen LogP contribution >= 0.6 is 0 Å². The van der Waals surface area contributed by atoms with E-state index in [9.17, 15) is 0 Å². The third-order valence-electron chi connectivity index (χ3n) is 3.97. The maximum atomic E-state index is 6.24. The zero-order chi connectivity index (χ0) is 18.7. The molecule has 3 rings (SSSR count). The molecule has 0 aliphatic heterocycles. The fraction of sp³-hybridized carbons (Fsp3) is 0.211. The standard InChI is InChI=1S/C19H21N5O2/c1-12-5-8-15(9-6-12)24-19(20)18(13(2)23-24)22-21-14-7-10-16(25-3)17(11-14)26-4/h5-11H,20H2,1-4H3. The fourth-order valence-corrected chi connectivity index (χ4v) is 2.54. The van der Waals surface area contributed by atoms with Crippen LogP contribution in [0.25, 0.3) is 5.69 Å². The summed E-state index contributed by atoms with van der Waals surface area (Å²) in [6.45, 7) is 3.88. The highest BCUT2D eigenvalue weighted by molar-refractivity contribution is 5.64. The van der Waals surface area contributed by atoms with Crippen LogP contribution in [0, 0.1) is 13.8 Å². The Morgan fingerprint density at radius 1 is 0.923 bits per heavy atom. The first-order valence-electron chi connectivity index (χ1n) is 8.09. The summed E-state index contributed by atoms with van der Waals surface area (Å²) in [6.07, 6.45) is 0. The summed E-state index contributed by atoms with van der Waals surface area (Å²) in [6, 6.07) is 13.3. The number of nitrogens with two attached hydrogens (primary N) is 1. The van der Waals surface area contributed by atoms with Crippen LogP contribution < -0.4 is 15.2 Å². The molecule has 0 spiro atoms. The molecular formula is C19H21N5O2. The second-order valence-electron chi connectivity index (χ2n) is 5.81. The van der Waals surface area contributed by atoms with Crippen molar-refractivity contribution in [2.24, 2.45) is 10.2 Å². The van der Waals surface area contributed by atoms with Gasteiger partial charge in [0.2, 0.25) is 0 Å². The molecule has 0 radical (unpaired) electrons. The van der Waals surface area contributed by atoms with E-state index in [-0.39, 0.29) is 0 Å². The molecule has 0 aliphatic carbocycles. The number of anilines is 1. The smallest absolute Gasteiger partial charge is 0.162 e. The van der Waals surface area contributed by atoms with Crippen LogP contribution in [0.15, 0.2) is 52.7 Å². The van der Waals surface area contributed by atoms with Gasteiger partial charge in [-0.05, 0) is 38.1 Å². The maximum absolute atomic E-state index is 6.24. The zero-order valence-electron chi connectivity index (χ0n) is 15.2. The molecule has 0 fully saturated rings. The van der Waals surface area contributed by atoms with Crippen molar-refractivity contribution in [2.45, 2.75) is 13.8 Å². The largest absolute Gasteiger partial charge is 0.493 e. The molecule has 0 aliphatic rings. The Bertz CT molecular complexity index is 945. The zero-order valence-corrected chi connectivity index (χ0v) is 15.2. The van der Waals surface area contributed by atoms with E-state index < -0.39 is 0 Å². The van der Waals surface area contributed by atoms with E-state index in [0.29, 0.717) is 34.4 Å². The third kappa shape index (κ3) is 3.37. The molecule has 0 saturated carbocycles. The first-order chi connectivity index (χ1) is 12.5. The topological polar surface area (TPSA) is 87.0 Å². The van der Waals surface area contributed by atoms with E-state index in [0.717, 1.165) is 5.69 Å². The number of nitrogen functional groups attached to an aromatic ring is 1. The number of aryl methyl sites for hydroxylation is 2. The van der Waals surface area contributed by atoms with Gasteiger partial charge in [-0.3, -0.25) is 0 Å². The molecule has 26 heavy (non-hydrogen) atoms. The quantitative estimate of drug-likeness (QED) is 0.685. The van der Waals surface area contributed by atoms with Gasteiger partial charge in [0.1, 0.15) is 0 Å². The summed E-state index contributed by atoms with van der Waals surface area (Å²) < 4.78 is 12.2. The molecule has 0 atom stereocenters. The van der Waals surface area contributed by atoms with Gasteiger partial charge in [-0.25, -0.2) is 4.68 Å². The Labute approximate surface area is 152 Å². The molecule has 3 aromatic rings. The van der Waals surface area contributed by atoms with Crippen LogP contribution in [-0.2, 0) is 0 Å². The van der Waals surface area contributed by atoms with Gasteiger partial charge >= 0.3 is 0 Å². The van der Waals surface area contributed by atoms with Crippen molar-refractivity contribution < 1.29 is 9.47 Å². The Morgan fingerprint density at radius 2 is 1.62 bits per heavy atom. The van der Waals surface area contributed by atoms with Gasteiger partial charge in [0.15, 0.2) is 23.0 Å². The summed E-state index contributed by atoms with van der Waals surface area (Å²) >= 11 is 0. The maximum Gasteiger partial charge on any atom is 0.162 e. The lowest BCUT2D eigenvalue weighted by molar-refractivity contribution is 0.355. The minimum atomic E-state index is 0.440. The summed E-state index contributed by atoms with van der Waals surface area (Å²) in [5.41, 5.74) is 10.2. The predicted octanol–water partition coefficient (Wildman–Crippen LogP) is 4.50. The van der Waals surface area contributed by atoms with E-state index >= 15 is 0 Å². The normalized spacial score (nSPS) is 11.1. The Hall–Kier alpha value is -3.35. The Balaban J connectivity index is 1.93. The summed E-state index contributed by atoms with van der Waals surface area (Å²) in [5.74, 6) is 1.66. The van der Waals surface area contributed by atoms with Gasteiger partial charge < -0.3 is 15.2 Å². The predicted molar refractivity (Wildman–Crippen MR) is 101 cm³/mol. The van der Waals surface area contributed by atoms with Crippen LogP contribution in [0.3, 0.4) is 0 Å². The molecule has 0 saturated heterocycles. The average molecular weight is 351 g/mol. The van der Waals surface area contributed by atoms with Crippen LogP contribution in [-0.4, -0.2) is 24.0 Å². The molecule has 2 aromatic carbocycles. The van der Waals surface area contributed by atoms with Crippen molar-refractivity contribution in [2.75, 3.05) is 20.0 Å². The average Bonchev–Trinajstić information content (AvgIpc) is 2.94. The van der Waals surface area contributed by atoms with Crippen molar-refractivity contribution in [3.05, 3.63) is 53.7 Å². The number of benzene rings is 2. The molecular weight excluding hydrogens is 330 g/mol. The number of hydrogen-bond acceptors (Lipinski definition) is 6. The Morgan fingerprint density at radius 3 is 2.27 bits per heavy atom. The Kier molecular flexibility index (Phi) is 4.88. The van der Waals surface area contributed by atoms with Crippen molar-refractivity contribution in [3.63, 3.8) is 0 Å². The van der Waals surface area contributed by atoms with Gasteiger partial charge in [-0.2, -0.15) is 10.2 Å². The van der Waals surface area contributed by atoms with Gasteiger partial charge in [0.25, 0.3) is 0 Å². The number of nitrogens with zero attached hydrogens (tertiary/aromatic N) is 4. The summed E-state index contributed by atoms with van der Waals surface area (Å²) in [7, 11) is 3.16. The highest BCUT2D eigenvalue weighted by atomic mass is 16.5. The van der Waals surface area contributed by atoms with E-state index in [1.165, 1.54) is 5.56 Å². The fourth-order valence-electron chi connectivity index (χ4n) is 2.54. The molecule has 0 amide bonds.